The van der Waals surface area contributed by atoms with Gasteiger partial charge >= 0.3 is 0 Å². The Bertz CT molecular complexity index is 1530. The molecule has 1 N–H and O–H groups in total. The van der Waals surface area contributed by atoms with E-state index in [4.69, 9.17) is 4.98 Å². The van der Waals surface area contributed by atoms with E-state index in [-0.39, 0.29) is 11.2 Å². The van der Waals surface area contributed by atoms with Crippen LogP contribution in [-0.4, -0.2) is 15.1 Å². The van der Waals surface area contributed by atoms with E-state index in [9.17, 15) is 5.11 Å². The molecule has 0 spiro atoms. The fraction of sp³-hybridized carbons (Fsp3) is 0.200. The van der Waals surface area contributed by atoms with Crippen molar-refractivity contribution in [3.8, 4) is 16.9 Å². The minimum Gasteiger partial charge on any atom is -0.507 e. The minimum absolute atomic E-state index is 0.0120. The van der Waals surface area contributed by atoms with Crippen molar-refractivity contribution in [1.29, 1.82) is 0 Å². The number of aromatic nitrogens is 2. The van der Waals surface area contributed by atoms with Gasteiger partial charge < -0.3 is 5.11 Å². The molecule has 5 aromatic rings. The molecule has 39 heavy (non-hydrogen) atoms. The van der Waals surface area contributed by atoms with E-state index in [1.165, 1.54) is 5.56 Å². The highest BCUT2D eigenvalue weighted by Crippen LogP contribution is 2.39. The summed E-state index contributed by atoms with van der Waals surface area (Å²) < 4.78 is 0. The second-order valence-electron chi connectivity index (χ2n) is 11.4. The van der Waals surface area contributed by atoms with Gasteiger partial charge in [0.1, 0.15) is 17.4 Å². The van der Waals surface area contributed by atoms with Gasteiger partial charge in [-0.05, 0) is 70.6 Å². The molecule has 0 unspecified atom stereocenters. The Balaban J connectivity index is 1.56. The van der Waals surface area contributed by atoms with Crippen molar-refractivity contribution in [3.05, 3.63) is 132 Å². The second kappa shape index (κ2) is 10.4. The van der Waals surface area contributed by atoms with Crippen molar-refractivity contribution in [1.82, 2.24) is 9.97 Å². The lowest BCUT2D eigenvalue weighted by Crippen LogP contribution is -2.22. The summed E-state index contributed by atoms with van der Waals surface area (Å²) in [6.07, 6.45) is 1.80. The molecule has 196 valence electrons. The Kier molecular flexibility index (Phi) is 6.96. The third-order valence-electron chi connectivity index (χ3n) is 7.25. The molecule has 0 amide bonds. The summed E-state index contributed by atoms with van der Waals surface area (Å²) in [5, 5.41) is 10.8. The number of rotatable bonds is 6. The second-order valence-corrected chi connectivity index (χ2v) is 11.4. The Morgan fingerprint density at radius 1 is 0.641 bits per heavy atom. The Morgan fingerprint density at radius 3 is 2.08 bits per heavy atom. The van der Waals surface area contributed by atoms with Gasteiger partial charge in [0.15, 0.2) is 0 Å². The van der Waals surface area contributed by atoms with Crippen LogP contribution in [0.15, 0.2) is 115 Å². The quantitative estimate of drug-likeness (QED) is 0.246. The zero-order chi connectivity index (χ0) is 27.6. The van der Waals surface area contributed by atoms with E-state index in [1.807, 2.05) is 48.5 Å². The summed E-state index contributed by atoms with van der Waals surface area (Å²) in [6.45, 7) is 10.9. The largest absolute Gasteiger partial charge is 0.507 e. The van der Waals surface area contributed by atoms with E-state index in [0.717, 1.165) is 39.7 Å². The molecule has 0 radical (unpaired) electrons. The fourth-order valence-electron chi connectivity index (χ4n) is 4.80. The molecule has 0 bridgehead atoms. The lowest BCUT2D eigenvalue weighted by molar-refractivity contribution is 0.476. The molecule has 0 aliphatic carbocycles. The summed E-state index contributed by atoms with van der Waals surface area (Å²) >= 11 is 0. The molecule has 2 aromatic heterocycles. The van der Waals surface area contributed by atoms with Crippen LogP contribution in [0.5, 0.6) is 5.75 Å². The number of nitrogens with zero attached hydrogens (tertiary/aromatic N) is 3. The van der Waals surface area contributed by atoms with Crippen molar-refractivity contribution in [2.75, 3.05) is 4.90 Å². The van der Waals surface area contributed by atoms with Gasteiger partial charge in [-0.2, -0.15) is 0 Å². The summed E-state index contributed by atoms with van der Waals surface area (Å²) in [4.78, 5) is 11.9. The molecule has 2 heterocycles. The molecule has 0 aliphatic heterocycles. The van der Waals surface area contributed by atoms with Crippen molar-refractivity contribution in [3.63, 3.8) is 0 Å². The summed E-state index contributed by atoms with van der Waals surface area (Å²) in [5.74, 6) is 1.89. The number of phenols is 1. The number of phenolic OH excluding ortho intramolecular Hbond substituents is 1. The van der Waals surface area contributed by atoms with Crippen LogP contribution in [0.4, 0.5) is 17.3 Å². The van der Waals surface area contributed by atoms with Crippen LogP contribution in [0.3, 0.4) is 0 Å². The fourth-order valence-corrected chi connectivity index (χ4v) is 4.80. The maximum Gasteiger partial charge on any atom is 0.139 e. The number of hydrogen-bond donors (Lipinski definition) is 1. The monoisotopic (exact) mass is 513 g/mol. The van der Waals surface area contributed by atoms with Crippen molar-refractivity contribution in [2.45, 2.75) is 45.4 Å². The normalized spacial score (nSPS) is 11.8. The van der Waals surface area contributed by atoms with Crippen LogP contribution in [-0.2, 0) is 10.8 Å². The van der Waals surface area contributed by atoms with E-state index in [0.29, 0.717) is 0 Å². The maximum absolute atomic E-state index is 10.8. The van der Waals surface area contributed by atoms with E-state index >= 15 is 0 Å². The first kappa shape index (κ1) is 26.2. The van der Waals surface area contributed by atoms with Crippen molar-refractivity contribution in [2.24, 2.45) is 0 Å². The highest BCUT2D eigenvalue weighted by molar-refractivity contribution is 5.73. The molecular formula is C35H35N3O. The average Bonchev–Trinajstić information content (AvgIpc) is 2.94. The lowest BCUT2D eigenvalue weighted by Gasteiger charge is -2.28. The summed E-state index contributed by atoms with van der Waals surface area (Å²) in [6, 6.07) is 36.6. The van der Waals surface area contributed by atoms with Gasteiger partial charge in [0, 0.05) is 22.9 Å². The van der Waals surface area contributed by atoms with Gasteiger partial charge in [-0.25, -0.2) is 9.97 Å². The highest BCUT2D eigenvalue weighted by atomic mass is 16.3. The molecule has 0 fully saturated rings. The molecule has 0 aliphatic rings. The summed E-state index contributed by atoms with van der Waals surface area (Å²) in [5.41, 5.74) is 5.67. The first-order chi connectivity index (χ1) is 18.6. The molecule has 4 heteroatoms. The van der Waals surface area contributed by atoms with Crippen LogP contribution in [0.2, 0.25) is 0 Å². The molecule has 0 saturated heterocycles. The number of anilines is 3. The molecular weight excluding hydrogens is 478 g/mol. The molecule has 0 saturated carbocycles. The maximum atomic E-state index is 10.8. The minimum atomic E-state index is -0.393. The van der Waals surface area contributed by atoms with Gasteiger partial charge in [0.2, 0.25) is 0 Å². The Hall–Kier alpha value is -4.44. The van der Waals surface area contributed by atoms with Gasteiger partial charge in [-0.15, -0.1) is 0 Å². The molecule has 5 rings (SSSR count). The zero-order valence-electron chi connectivity index (χ0n) is 23.3. The number of benzene rings is 3. The number of aromatic hydroxyl groups is 1. The van der Waals surface area contributed by atoms with Crippen molar-refractivity contribution < 1.29 is 5.11 Å². The summed E-state index contributed by atoms with van der Waals surface area (Å²) in [7, 11) is 0. The van der Waals surface area contributed by atoms with Gasteiger partial charge in [-0.3, -0.25) is 4.90 Å². The van der Waals surface area contributed by atoms with E-state index in [2.05, 4.69) is 99.1 Å². The molecule has 3 aromatic carbocycles. The standard InChI is InChI=1S/C35H35N3O/c1-34(2,3)26-20-21-30(39)29(24-26)25-13-11-14-27(23-25)35(4,5)31-17-12-19-33(37-31)38(28-15-7-6-8-16-28)32-18-9-10-22-36-32/h6-24,39H,1-5H3. The average molecular weight is 514 g/mol. The highest BCUT2D eigenvalue weighted by Gasteiger charge is 2.27. The topological polar surface area (TPSA) is 49.2 Å². The smallest absolute Gasteiger partial charge is 0.139 e. The van der Waals surface area contributed by atoms with Gasteiger partial charge in [0.05, 0.1) is 5.69 Å². The van der Waals surface area contributed by atoms with E-state index < -0.39 is 5.41 Å². The number of hydrogen-bond acceptors (Lipinski definition) is 4. The van der Waals surface area contributed by atoms with Crippen LogP contribution in [0.1, 0.15) is 51.4 Å². The van der Waals surface area contributed by atoms with Crippen molar-refractivity contribution >= 4 is 17.3 Å². The number of para-hydroxylation sites is 1. The third-order valence-corrected chi connectivity index (χ3v) is 7.25. The predicted molar refractivity (Wildman–Crippen MR) is 161 cm³/mol. The van der Waals surface area contributed by atoms with Gasteiger partial charge in [0.25, 0.3) is 0 Å². The van der Waals surface area contributed by atoms with Crippen LogP contribution in [0.25, 0.3) is 11.1 Å². The van der Waals surface area contributed by atoms with Crippen LogP contribution in [0, 0.1) is 0 Å². The molecule has 0 atom stereocenters. The lowest BCUT2D eigenvalue weighted by atomic mass is 9.79. The first-order valence-corrected chi connectivity index (χ1v) is 13.3. The zero-order valence-corrected chi connectivity index (χ0v) is 23.3. The Labute approximate surface area is 231 Å². The molecule has 4 nitrogen and oxygen atoms in total. The van der Waals surface area contributed by atoms with Gasteiger partial charge in [-0.1, -0.05) is 95.3 Å². The first-order valence-electron chi connectivity index (χ1n) is 13.3. The van der Waals surface area contributed by atoms with E-state index in [1.54, 1.807) is 12.3 Å². The predicted octanol–water partition coefficient (Wildman–Crippen LogP) is 8.94. The third kappa shape index (κ3) is 5.42. The Morgan fingerprint density at radius 2 is 1.36 bits per heavy atom. The van der Waals surface area contributed by atoms with Crippen LogP contribution < -0.4 is 4.90 Å². The number of pyridine rings is 2. The SMILES string of the molecule is CC(C)(C)c1ccc(O)c(-c2cccc(C(C)(C)c3cccc(N(c4ccccc4)c4ccccn4)n3)c2)c1. The van der Waals surface area contributed by atoms with Crippen LogP contribution >= 0.6 is 0 Å².